The lowest BCUT2D eigenvalue weighted by Gasteiger charge is -2.01. The Morgan fingerprint density at radius 1 is 1.45 bits per heavy atom. The molecule has 0 saturated heterocycles. The van der Waals surface area contributed by atoms with E-state index in [1.807, 2.05) is 0 Å². The molecule has 0 amide bonds. The minimum Gasteiger partial charge on any atom is -0.478 e. The van der Waals surface area contributed by atoms with Crippen molar-refractivity contribution < 1.29 is 9.90 Å². The topological polar surface area (TPSA) is 49.3 Å². The summed E-state index contributed by atoms with van der Waals surface area (Å²) in [6.45, 7) is 0. The van der Waals surface area contributed by atoms with Crippen LogP contribution in [0.4, 0.5) is 5.69 Å². The van der Waals surface area contributed by atoms with E-state index in [1.54, 1.807) is 18.2 Å². The fourth-order valence-corrected chi connectivity index (χ4v) is 0.962. The number of hydrogen-bond donors (Lipinski definition) is 3. The molecule has 2 N–H and O–H groups in total. The molecule has 0 aromatic heterocycles. The molecule has 58 valence electrons. The Bertz CT molecular complexity index is 275. The average Bonchev–Trinajstić information content (AvgIpc) is 2.04. The number of anilines is 1. The molecule has 0 radical (unpaired) electrons. The number of thiol groups is 1. The van der Waals surface area contributed by atoms with Gasteiger partial charge in [-0.05, 0) is 12.1 Å². The van der Waals surface area contributed by atoms with Gasteiger partial charge in [-0.25, -0.2) is 4.79 Å². The first-order chi connectivity index (χ1) is 5.25. The minimum atomic E-state index is -0.956. The highest BCUT2D eigenvalue weighted by molar-refractivity contribution is 7.81. The van der Waals surface area contributed by atoms with E-state index in [0.29, 0.717) is 5.69 Å². The lowest BCUT2D eigenvalue weighted by molar-refractivity contribution is 0.0698. The van der Waals surface area contributed by atoms with Gasteiger partial charge in [0.05, 0.1) is 11.3 Å². The Balaban J connectivity index is 3.12. The zero-order valence-corrected chi connectivity index (χ0v) is 6.51. The monoisotopic (exact) mass is 169 g/mol. The van der Waals surface area contributed by atoms with Crippen LogP contribution in [0.2, 0.25) is 0 Å². The molecule has 1 aromatic carbocycles. The molecule has 11 heavy (non-hydrogen) atoms. The summed E-state index contributed by atoms with van der Waals surface area (Å²) in [7, 11) is 0. The summed E-state index contributed by atoms with van der Waals surface area (Å²) >= 11 is 3.76. The highest BCUT2D eigenvalue weighted by Crippen LogP contribution is 2.14. The Labute approximate surface area is 69.6 Å². The van der Waals surface area contributed by atoms with E-state index in [1.165, 1.54) is 6.07 Å². The van der Waals surface area contributed by atoms with Crippen LogP contribution < -0.4 is 4.72 Å². The fraction of sp³-hybridized carbons (Fsp3) is 0. The summed E-state index contributed by atoms with van der Waals surface area (Å²) in [5, 5.41) is 8.62. The molecule has 0 heterocycles. The molecule has 4 heteroatoms. The highest BCUT2D eigenvalue weighted by atomic mass is 32.1. The summed E-state index contributed by atoms with van der Waals surface area (Å²) in [5.74, 6) is -0.956. The van der Waals surface area contributed by atoms with Crippen molar-refractivity contribution in [3.05, 3.63) is 29.8 Å². The van der Waals surface area contributed by atoms with Gasteiger partial charge in [-0.3, -0.25) is 0 Å². The summed E-state index contributed by atoms with van der Waals surface area (Å²) in [6, 6.07) is 6.57. The van der Waals surface area contributed by atoms with Gasteiger partial charge in [0.1, 0.15) is 0 Å². The Morgan fingerprint density at radius 2 is 2.09 bits per heavy atom. The predicted octanol–water partition coefficient (Wildman–Crippen LogP) is 1.64. The van der Waals surface area contributed by atoms with Crippen LogP contribution in [0.25, 0.3) is 0 Å². The number of benzene rings is 1. The number of nitrogens with one attached hydrogen (secondary N) is 1. The van der Waals surface area contributed by atoms with Crippen LogP contribution in [0.5, 0.6) is 0 Å². The Morgan fingerprint density at radius 3 is 2.55 bits per heavy atom. The van der Waals surface area contributed by atoms with Gasteiger partial charge >= 0.3 is 5.97 Å². The second-order valence-corrected chi connectivity index (χ2v) is 2.19. The van der Waals surface area contributed by atoms with Gasteiger partial charge in [-0.15, -0.1) is 0 Å². The lowest BCUT2D eigenvalue weighted by Crippen LogP contribution is -1.99. The van der Waals surface area contributed by atoms with Crippen molar-refractivity contribution >= 4 is 24.5 Å². The van der Waals surface area contributed by atoms with Gasteiger partial charge in [0.25, 0.3) is 0 Å². The molecule has 3 nitrogen and oxygen atoms in total. The van der Waals surface area contributed by atoms with Crippen molar-refractivity contribution in [1.82, 2.24) is 0 Å². The largest absolute Gasteiger partial charge is 0.478 e. The van der Waals surface area contributed by atoms with E-state index in [0.717, 1.165) is 0 Å². The SMILES string of the molecule is O=C(O)c1ccccc1NS. The maximum absolute atomic E-state index is 10.5. The number of para-hydroxylation sites is 1. The van der Waals surface area contributed by atoms with Crippen molar-refractivity contribution in [2.24, 2.45) is 0 Å². The van der Waals surface area contributed by atoms with Crippen LogP contribution in [0.1, 0.15) is 10.4 Å². The van der Waals surface area contributed by atoms with Crippen LogP contribution in [-0.4, -0.2) is 11.1 Å². The minimum absolute atomic E-state index is 0.225. The van der Waals surface area contributed by atoms with E-state index in [-0.39, 0.29) is 5.56 Å². The normalized spacial score (nSPS) is 9.18. The number of rotatable bonds is 2. The van der Waals surface area contributed by atoms with Crippen LogP contribution in [0.3, 0.4) is 0 Å². The van der Waals surface area contributed by atoms with Crippen molar-refractivity contribution in [3.8, 4) is 0 Å². The molecule has 0 aliphatic carbocycles. The highest BCUT2D eigenvalue weighted by Gasteiger charge is 2.06. The van der Waals surface area contributed by atoms with Gasteiger partial charge in [-0.1, -0.05) is 24.9 Å². The second-order valence-electron chi connectivity index (χ2n) is 1.96. The van der Waals surface area contributed by atoms with Crippen LogP contribution >= 0.6 is 12.8 Å². The molecule has 0 saturated carbocycles. The van der Waals surface area contributed by atoms with Crippen molar-refractivity contribution in [2.45, 2.75) is 0 Å². The smallest absolute Gasteiger partial charge is 0.337 e. The maximum atomic E-state index is 10.5. The van der Waals surface area contributed by atoms with E-state index < -0.39 is 5.97 Å². The van der Waals surface area contributed by atoms with E-state index >= 15 is 0 Å². The standard InChI is InChI=1S/C7H7NO2S/c9-7(10)5-3-1-2-4-6(5)8-11/h1-4,8,11H,(H,9,10). The third-order valence-electron chi connectivity index (χ3n) is 1.28. The van der Waals surface area contributed by atoms with E-state index in [2.05, 4.69) is 17.5 Å². The number of hydrogen-bond acceptors (Lipinski definition) is 3. The third kappa shape index (κ3) is 1.65. The van der Waals surface area contributed by atoms with Crippen LogP contribution in [0.15, 0.2) is 24.3 Å². The quantitative estimate of drug-likeness (QED) is 0.590. The zero-order valence-electron chi connectivity index (χ0n) is 5.61. The maximum Gasteiger partial charge on any atom is 0.337 e. The zero-order chi connectivity index (χ0) is 8.27. The molecule has 1 aromatic rings. The summed E-state index contributed by atoms with van der Waals surface area (Å²) < 4.78 is 2.49. The molecule has 0 aliphatic heterocycles. The van der Waals surface area contributed by atoms with Crippen molar-refractivity contribution in [1.29, 1.82) is 0 Å². The lowest BCUT2D eigenvalue weighted by atomic mass is 10.2. The molecule has 0 spiro atoms. The first-order valence-electron chi connectivity index (χ1n) is 2.98. The average molecular weight is 169 g/mol. The van der Waals surface area contributed by atoms with E-state index in [9.17, 15) is 4.79 Å². The van der Waals surface area contributed by atoms with Crippen molar-refractivity contribution in [2.75, 3.05) is 4.72 Å². The van der Waals surface area contributed by atoms with Gasteiger partial charge in [0.15, 0.2) is 0 Å². The first kappa shape index (κ1) is 7.94. The summed E-state index contributed by atoms with van der Waals surface area (Å²) in [4.78, 5) is 10.5. The van der Waals surface area contributed by atoms with Gasteiger partial charge in [-0.2, -0.15) is 0 Å². The fourth-order valence-electron chi connectivity index (χ4n) is 0.767. The Hall–Kier alpha value is -1.16. The molecular weight excluding hydrogens is 162 g/mol. The number of aromatic carboxylic acids is 1. The second kappa shape index (κ2) is 3.30. The molecular formula is C7H7NO2S. The molecule has 0 unspecified atom stereocenters. The first-order valence-corrected chi connectivity index (χ1v) is 3.43. The van der Waals surface area contributed by atoms with Crippen LogP contribution in [0, 0.1) is 0 Å². The predicted molar refractivity (Wildman–Crippen MR) is 46.0 cm³/mol. The summed E-state index contributed by atoms with van der Waals surface area (Å²) in [6.07, 6.45) is 0. The third-order valence-corrected chi connectivity index (χ3v) is 1.52. The van der Waals surface area contributed by atoms with Gasteiger partial charge in [0.2, 0.25) is 0 Å². The molecule has 1 rings (SSSR count). The number of carbonyl (C=O) groups is 1. The number of carboxylic acid groups (broad SMARTS) is 1. The molecule has 0 atom stereocenters. The Kier molecular flexibility index (Phi) is 2.38. The van der Waals surface area contributed by atoms with Crippen LogP contribution in [-0.2, 0) is 0 Å². The molecule has 0 aliphatic rings. The van der Waals surface area contributed by atoms with Crippen molar-refractivity contribution in [3.63, 3.8) is 0 Å². The summed E-state index contributed by atoms with van der Waals surface area (Å²) in [5.41, 5.74) is 0.728. The van der Waals surface area contributed by atoms with E-state index in [4.69, 9.17) is 5.11 Å². The van der Waals surface area contributed by atoms with Gasteiger partial charge in [0, 0.05) is 0 Å². The number of carboxylic acids is 1. The molecule has 0 fully saturated rings. The van der Waals surface area contributed by atoms with Gasteiger partial charge < -0.3 is 9.83 Å². The molecule has 0 bridgehead atoms.